The molecule has 13 heavy (non-hydrogen) atoms. The third kappa shape index (κ3) is 4.23. The summed E-state index contributed by atoms with van der Waals surface area (Å²) < 4.78 is 23.6. The van der Waals surface area contributed by atoms with E-state index < -0.39 is 6.43 Å². The minimum atomic E-state index is -2.25. The lowest BCUT2D eigenvalue weighted by molar-refractivity contribution is 0.143. The van der Waals surface area contributed by atoms with Gasteiger partial charge in [-0.05, 0) is 25.3 Å². The summed E-state index contributed by atoms with van der Waals surface area (Å²) >= 11 is 6.07. The third-order valence-electron chi connectivity index (χ3n) is 2.52. The highest BCUT2D eigenvalue weighted by Gasteiger charge is 2.22. The minimum Gasteiger partial charge on any atom is -0.311 e. The van der Waals surface area contributed by atoms with E-state index in [4.69, 9.17) is 11.6 Å². The number of rotatable bonds is 4. The van der Waals surface area contributed by atoms with Crippen LogP contribution in [0.5, 0.6) is 0 Å². The first-order valence-electron chi connectivity index (χ1n) is 4.83. The van der Waals surface area contributed by atoms with Gasteiger partial charge in [0.05, 0.1) is 6.54 Å². The summed E-state index contributed by atoms with van der Waals surface area (Å²) in [7, 11) is 0. The molecule has 0 saturated heterocycles. The normalized spacial score (nSPS) is 29.5. The molecule has 0 amide bonds. The molecule has 2 atom stereocenters. The van der Waals surface area contributed by atoms with Crippen molar-refractivity contribution in [3.05, 3.63) is 0 Å². The van der Waals surface area contributed by atoms with Crippen LogP contribution in [-0.4, -0.2) is 24.9 Å². The summed E-state index contributed by atoms with van der Waals surface area (Å²) in [6.45, 7) is 0.429. The van der Waals surface area contributed by atoms with Gasteiger partial charge in [-0.2, -0.15) is 0 Å². The van der Waals surface area contributed by atoms with Crippen LogP contribution < -0.4 is 5.32 Å². The zero-order valence-corrected chi connectivity index (χ0v) is 8.36. The van der Waals surface area contributed by atoms with Crippen LogP contribution in [0.15, 0.2) is 0 Å². The molecule has 0 radical (unpaired) electrons. The van der Waals surface area contributed by atoms with Gasteiger partial charge in [0.25, 0.3) is 6.43 Å². The van der Waals surface area contributed by atoms with Crippen molar-refractivity contribution in [2.75, 3.05) is 13.1 Å². The number of hydrogen-bond donors (Lipinski definition) is 1. The molecule has 1 N–H and O–H groups in total. The van der Waals surface area contributed by atoms with Crippen LogP contribution in [0.25, 0.3) is 0 Å². The Labute approximate surface area is 82.8 Å². The quantitative estimate of drug-likeness (QED) is 0.705. The summed E-state index contributed by atoms with van der Waals surface area (Å²) in [5.41, 5.74) is 0. The van der Waals surface area contributed by atoms with Crippen LogP contribution in [0.1, 0.15) is 25.7 Å². The average molecular weight is 212 g/mol. The molecule has 0 aromatic heterocycles. The largest absolute Gasteiger partial charge is 0.311 e. The van der Waals surface area contributed by atoms with Gasteiger partial charge in [-0.1, -0.05) is 12.8 Å². The van der Waals surface area contributed by atoms with E-state index in [1.807, 2.05) is 0 Å². The van der Waals surface area contributed by atoms with Gasteiger partial charge in [0.2, 0.25) is 0 Å². The molecule has 2 unspecified atom stereocenters. The second-order valence-electron chi connectivity index (χ2n) is 3.61. The van der Waals surface area contributed by atoms with Crippen molar-refractivity contribution in [3.63, 3.8) is 0 Å². The molecular weight excluding hydrogens is 196 g/mol. The van der Waals surface area contributed by atoms with Crippen LogP contribution in [-0.2, 0) is 0 Å². The van der Waals surface area contributed by atoms with Gasteiger partial charge in [-0.15, -0.1) is 11.6 Å². The number of halogens is 3. The van der Waals surface area contributed by atoms with Crippen LogP contribution in [0, 0.1) is 5.92 Å². The van der Waals surface area contributed by atoms with Gasteiger partial charge in [0.15, 0.2) is 0 Å². The van der Waals surface area contributed by atoms with Crippen molar-refractivity contribution >= 4 is 11.6 Å². The van der Waals surface area contributed by atoms with E-state index in [0.717, 1.165) is 12.8 Å². The standard InChI is InChI=1S/C9H16ClF2N/c10-8-4-2-1-3-7(8)5-13-6-9(11)12/h7-9,13H,1-6H2. The van der Waals surface area contributed by atoms with E-state index >= 15 is 0 Å². The first-order valence-corrected chi connectivity index (χ1v) is 5.26. The molecule has 4 heteroatoms. The van der Waals surface area contributed by atoms with Gasteiger partial charge in [-0.3, -0.25) is 0 Å². The fourth-order valence-electron chi connectivity index (χ4n) is 1.77. The lowest BCUT2D eigenvalue weighted by Gasteiger charge is -2.27. The first kappa shape index (κ1) is 11.2. The number of alkyl halides is 3. The Kier molecular flexibility index (Phi) is 4.96. The van der Waals surface area contributed by atoms with E-state index in [1.54, 1.807) is 0 Å². The zero-order chi connectivity index (χ0) is 9.68. The second-order valence-corrected chi connectivity index (χ2v) is 4.17. The first-order chi connectivity index (χ1) is 6.20. The Balaban J connectivity index is 2.11. The number of nitrogens with one attached hydrogen (secondary N) is 1. The topological polar surface area (TPSA) is 12.0 Å². The van der Waals surface area contributed by atoms with Gasteiger partial charge in [-0.25, -0.2) is 8.78 Å². The highest BCUT2D eigenvalue weighted by Crippen LogP contribution is 2.27. The smallest absolute Gasteiger partial charge is 0.250 e. The maximum Gasteiger partial charge on any atom is 0.250 e. The van der Waals surface area contributed by atoms with E-state index in [9.17, 15) is 8.78 Å². The molecule has 0 aromatic rings. The summed E-state index contributed by atoms with van der Waals surface area (Å²) in [6.07, 6.45) is 2.22. The Morgan fingerprint density at radius 3 is 2.62 bits per heavy atom. The molecule has 0 aliphatic heterocycles. The molecule has 0 bridgehead atoms. The molecule has 0 heterocycles. The minimum absolute atomic E-state index is 0.180. The summed E-state index contributed by atoms with van der Waals surface area (Å²) in [5, 5.41) is 2.93. The summed E-state index contributed by atoms with van der Waals surface area (Å²) in [6, 6.07) is 0. The average Bonchev–Trinajstić information content (AvgIpc) is 2.08. The lowest BCUT2D eigenvalue weighted by Crippen LogP contribution is -2.33. The molecule has 1 saturated carbocycles. The molecule has 0 aromatic carbocycles. The highest BCUT2D eigenvalue weighted by molar-refractivity contribution is 6.20. The Morgan fingerprint density at radius 2 is 2.00 bits per heavy atom. The molecule has 1 rings (SSSR count). The van der Waals surface area contributed by atoms with Gasteiger partial charge < -0.3 is 5.32 Å². The number of hydrogen-bond acceptors (Lipinski definition) is 1. The van der Waals surface area contributed by atoms with Crippen molar-refractivity contribution in [1.29, 1.82) is 0 Å². The van der Waals surface area contributed by atoms with Gasteiger partial charge >= 0.3 is 0 Å². The van der Waals surface area contributed by atoms with E-state index in [1.165, 1.54) is 12.8 Å². The van der Waals surface area contributed by atoms with Crippen molar-refractivity contribution in [2.24, 2.45) is 5.92 Å². The third-order valence-corrected chi connectivity index (χ3v) is 3.10. The van der Waals surface area contributed by atoms with Crippen molar-refractivity contribution in [2.45, 2.75) is 37.5 Å². The maximum absolute atomic E-state index is 11.8. The van der Waals surface area contributed by atoms with Gasteiger partial charge in [0, 0.05) is 5.38 Å². The van der Waals surface area contributed by atoms with Gasteiger partial charge in [0.1, 0.15) is 0 Å². The predicted molar refractivity (Wildman–Crippen MR) is 50.5 cm³/mol. The zero-order valence-electron chi connectivity index (χ0n) is 7.61. The van der Waals surface area contributed by atoms with Crippen LogP contribution in [0.3, 0.4) is 0 Å². The van der Waals surface area contributed by atoms with E-state index in [-0.39, 0.29) is 11.9 Å². The fraction of sp³-hybridized carbons (Fsp3) is 1.00. The van der Waals surface area contributed by atoms with Crippen molar-refractivity contribution in [1.82, 2.24) is 5.32 Å². The molecule has 1 fully saturated rings. The van der Waals surface area contributed by atoms with Crippen LogP contribution in [0.2, 0.25) is 0 Å². The maximum atomic E-state index is 11.8. The summed E-state index contributed by atoms with van der Waals surface area (Å²) in [5.74, 6) is 0.383. The molecule has 0 spiro atoms. The molecule has 1 nitrogen and oxygen atoms in total. The lowest BCUT2D eigenvalue weighted by atomic mass is 9.89. The molecular formula is C9H16ClF2N. The SMILES string of the molecule is FC(F)CNCC1CCCCC1Cl. The van der Waals surface area contributed by atoms with E-state index in [0.29, 0.717) is 12.5 Å². The Hall–Kier alpha value is 0.110. The van der Waals surface area contributed by atoms with Crippen LogP contribution in [0.4, 0.5) is 8.78 Å². The molecule has 78 valence electrons. The second kappa shape index (κ2) is 5.76. The van der Waals surface area contributed by atoms with E-state index in [2.05, 4.69) is 5.32 Å². The predicted octanol–water partition coefficient (Wildman–Crippen LogP) is 2.64. The monoisotopic (exact) mass is 211 g/mol. The Bertz CT molecular complexity index is 144. The van der Waals surface area contributed by atoms with Crippen molar-refractivity contribution in [3.8, 4) is 0 Å². The Morgan fingerprint density at radius 1 is 1.31 bits per heavy atom. The van der Waals surface area contributed by atoms with Crippen molar-refractivity contribution < 1.29 is 8.78 Å². The highest BCUT2D eigenvalue weighted by atomic mass is 35.5. The summed E-state index contributed by atoms with van der Waals surface area (Å²) in [4.78, 5) is 0. The fourth-order valence-corrected chi connectivity index (χ4v) is 2.14. The molecule has 1 aliphatic carbocycles. The molecule has 1 aliphatic rings. The van der Waals surface area contributed by atoms with Crippen LogP contribution >= 0.6 is 11.6 Å².